The highest BCUT2D eigenvalue weighted by Gasteiger charge is 2.53. The van der Waals surface area contributed by atoms with Crippen molar-refractivity contribution in [2.45, 2.75) is 68.9 Å². The first-order valence-corrected chi connectivity index (χ1v) is 12.0. The monoisotopic (exact) mass is 529 g/mol. The smallest absolute Gasteiger partial charge is 0.314 e. The van der Waals surface area contributed by atoms with Crippen LogP contribution in [0.1, 0.15) is 81.7 Å². The van der Waals surface area contributed by atoms with E-state index in [-0.39, 0.29) is 23.1 Å². The predicted octanol–water partition coefficient (Wildman–Crippen LogP) is 0.782. The summed E-state index contributed by atoms with van der Waals surface area (Å²) in [6, 6.07) is 3.03. The van der Waals surface area contributed by atoms with Gasteiger partial charge in [0.25, 0.3) is 0 Å². The van der Waals surface area contributed by atoms with Crippen molar-refractivity contribution in [2.75, 3.05) is 0 Å². The number of nitrogens with two attached hydrogens (primary N) is 1. The van der Waals surface area contributed by atoms with Crippen molar-refractivity contribution in [3.05, 3.63) is 51.6 Å². The van der Waals surface area contributed by atoms with Crippen LogP contribution in [0.2, 0.25) is 0 Å². The molecule has 2 aliphatic carbocycles. The molecule has 1 saturated heterocycles. The molecule has 38 heavy (non-hydrogen) atoms. The Labute approximate surface area is 215 Å². The minimum absolute atomic E-state index is 0.0121. The van der Waals surface area contributed by atoms with Gasteiger partial charge in [-0.1, -0.05) is 12.1 Å². The summed E-state index contributed by atoms with van der Waals surface area (Å²) in [4.78, 5) is 39.1. The second-order valence-corrected chi connectivity index (χ2v) is 10.3. The molecule has 5 rings (SSSR count). The van der Waals surface area contributed by atoms with Gasteiger partial charge in [0.2, 0.25) is 5.78 Å². The number of rotatable bonds is 3. The molecule has 0 spiro atoms. The highest BCUT2D eigenvalue weighted by molar-refractivity contribution is 6.31. The lowest BCUT2D eigenvalue weighted by molar-refractivity contribution is -0.248. The third-order valence-electron chi connectivity index (χ3n) is 7.64. The van der Waals surface area contributed by atoms with Gasteiger partial charge in [0, 0.05) is 35.6 Å². The zero-order chi connectivity index (χ0) is 27.8. The summed E-state index contributed by atoms with van der Waals surface area (Å²) in [6.45, 7) is 2.78. The van der Waals surface area contributed by atoms with Crippen molar-refractivity contribution >= 4 is 17.5 Å². The summed E-state index contributed by atoms with van der Waals surface area (Å²) < 4.78 is 11.7. The molecular formula is C26H27NO11. The van der Waals surface area contributed by atoms with Crippen molar-refractivity contribution in [3.8, 4) is 17.2 Å². The molecule has 1 aliphatic heterocycles. The van der Waals surface area contributed by atoms with Gasteiger partial charge in [-0.25, -0.2) is 0 Å². The largest absolute Gasteiger partial charge is 0.507 e. The highest BCUT2D eigenvalue weighted by Crippen LogP contribution is 2.56. The van der Waals surface area contributed by atoms with Gasteiger partial charge in [-0.05, 0) is 19.9 Å². The summed E-state index contributed by atoms with van der Waals surface area (Å²) in [5.41, 5.74) is 1.28. The topological polar surface area (TPSA) is 217 Å². The molecule has 0 saturated carbocycles. The molecule has 0 bridgehead atoms. The number of hydrogen-bond donors (Lipinski definition) is 7. The Morgan fingerprint density at radius 3 is 2.34 bits per heavy atom. The summed E-state index contributed by atoms with van der Waals surface area (Å²) in [5, 5.41) is 64.3. The lowest BCUT2D eigenvalue weighted by Crippen LogP contribution is -2.52. The fourth-order valence-electron chi connectivity index (χ4n) is 5.82. The third kappa shape index (κ3) is 3.68. The van der Waals surface area contributed by atoms with Crippen LogP contribution in [0.3, 0.4) is 0 Å². The number of carboxylic acid groups (broad SMARTS) is 1. The van der Waals surface area contributed by atoms with Gasteiger partial charge in [0.05, 0.1) is 40.6 Å². The van der Waals surface area contributed by atoms with E-state index in [0.29, 0.717) is 0 Å². The maximum absolute atomic E-state index is 13.4. The molecular weight excluding hydrogens is 502 g/mol. The van der Waals surface area contributed by atoms with Crippen molar-refractivity contribution in [2.24, 2.45) is 5.73 Å². The Balaban J connectivity index is 1.73. The number of aliphatic hydroxyl groups excluding tert-OH is 1. The van der Waals surface area contributed by atoms with Crippen LogP contribution < -0.4 is 5.73 Å². The van der Waals surface area contributed by atoms with E-state index in [1.807, 2.05) is 0 Å². The lowest BCUT2D eigenvalue weighted by atomic mass is 9.68. The van der Waals surface area contributed by atoms with Crippen molar-refractivity contribution < 1.29 is 54.5 Å². The molecule has 3 aliphatic rings. The Morgan fingerprint density at radius 1 is 1.08 bits per heavy atom. The number of carbonyl (C=O) groups excluding carboxylic acids is 2. The Kier molecular flexibility index (Phi) is 6.00. The number of carboxylic acids is 1. The number of ketones is 2. The van der Waals surface area contributed by atoms with Gasteiger partial charge >= 0.3 is 5.97 Å². The zero-order valence-corrected chi connectivity index (χ0v) is 20.4. The first-order valence-electron chi connectivity index (χ1n) is 12.0. The molecule has 12 heteroatoms. The van der Waals surface area contributed by atoms with Crippen LogP contribution in [0.4, 0.5) is 0 Å². The molecule has 1 fully saturated rings. The third-order valence-corrected chi connectivity index (χ3v) is 7.64. The number of phenols is 3. The number of phenolic OH excluding ortho intramolecular Hbond substituents is 3. The first-order chi connectivity index (χ1) is 17.8. The maximum atomic E-state index is 13.4. The molecule has 202 valence electrons. The molecule has 2 aromatic carbocycles. The van der Waals surface area contributed by atoms with Gasteiger partial charge in [-0.3, -0.25) is 14.4 Å². The Hall–Kier alpha value is -3.55. The number of ether oxygens (including phenoxy) is 2. The van der Waals surface area contributed by atoms with Gasteiger partial charge < -0.3 is 45.8 Å². The van der Waals surface area contributed by atoms with Crippen LogP contribution in [0.25, 0.3) is 0 Å². The van der Waals surface area contributed by atoms with E-state index >= 15 is 0 Å². The number of aromatic hydroxyl groups is 3. The van der Waals surface area contributed by atoms with Crippen molar-refractivity contribution in [1.82, 2.24) is 0 Å². The van der Waals surface area contributed by atoms with Crippen LogP contribution in [0.5, 0.6) is 17.2 Å². The van der Waals surface area contributed by atoms with E-state index in [4.69, 9.17) is 15.2 Å². The highest BCUT2D eigenvalue weighted by atomic mass is 16.7. The molecule has 8 N–H and O–H groups in total. The normalized spacial score (nSPS) is 32.3. The Bertz CT molecular complexity index is 1370. The van der Waals surface area contributed by atoms with Crippen LogP contribution in [-0.2, 0) is 14.3 Å². The quantitative estimate of drug-likeness (QED) is 0.234. The van der Waals surface area contributed by atoms with Gasteiger partial charge in [-0.2, -0.15) is 0 Å². The van der Waals surface area contributed by atoms with E-state index in [2.05, 4.69) is 0 Å². The van der Waals surface area contributed by atoms with Gasteiger partial charge in [-0.15, -0.1) is 0 Å². The lowest BCUT2D eigenvalue weighted by Gasteiger charge is -2.44. The SMILES string of the molecule is C[C@@H]1O[C@@H](O[C@H]2C[C@@](C)(O)C(C(=O)O)c3c(O)c4c(c(O)c32)C(=O)c2c(O)cccc2C4=O)C[C@H](N)[C@@H]1O. The number of benzene rings is 2. The summed E-state index contributed by atoms with van der Waals surface area (Å²) in [6.07, 6.45) is -4.48. The first kappa shape index (κ1) is 26.1. The average Bonchev–Trinajstić information content (AvgIpc) is 2.81. The molecule has 12 nitrogen and oxygen atoms in total. The molecule has 0 amide bonds. The summed E-state index contributed by atoms with van der Waals surface area (Å²) in [7, 11) is 0. The van der Waals surface area contributed by atoms with E-state index in [1.54, 1.807) is 6.92 Å². The number of aliphatic hydroxyl groups is 2. The second kappa shape index (κ2) is 8.75. The Morgan fingerprint density at radius 2 is 1.71 bits per heavy atom. The predicted molar refractivity (Wildman–Crippen MR) is 127 cm³/mol. The second-order valence-electron chi connectivity index (χ2n) is 10.3. The van der Waals surface area contributed by atoms with E-state index in [1.165, 1.54) is 25.1 Å². The fourth-order valence-corrected chi connectivity index (χ4v) is 5.82. The summed E-state index contributed by atoms with van der Waals surface area (Å²) >= 11 is 0. The van der Waals surface area contributed by atoms with Crippen LogP contribution in [0, 0.1) is 0 Å². The molecule has 0 aromatic heterocycles. The zero-order valence-electron chi connectivity index (χ0n) is 20.4. The number of hydrogen-bond acceptors (Lipinski definition) is 11. The molecule has 1 heterocycles. The number of fused-ring (bicyclic) bond motifs is 3. The van der Waals surface area contributed by atoms with Crippen LogP contribution in [-0.4, -0.2) is 78.3 Å². The minimum Gasteiger partial charge on any atom is -0.507 e. The molecule has 7 atom stereocenters. The average molecular weight is 529 g/mol. The number of carbonyl (C=O) groups is 3. The molecule has 0 radical (unpaired) electrons. The molecule has 2 aromatic rings. The standard InChI is InChI=1S/C26H27NO11/c1-8-20(29)10(27)6-13(37-8)38-12-7-26(2,36)19(25(34)35)16-15(12)23(32)18-17(24(16)33)21(30)9-4-3-5-11(28)14(9)22(18)31/h3-5,8,10,12-13,19-20,28-29,32-33,36H,6-7,27H2,1-2H3,(H,34,35)/t8-,10-,12-,13-,19?,20+,26+/m0/s1. The maximum Gasteiger partial charge on any atom is 0.314 e. The van der Waals surface area contributed by atoms with E-state index in [9.17, 15) is 45.0 Å². The van der Waals surface area contributed by atoms with Crippen LogP contribution in [0.15, 0.2) is 18.2 Å². The van der Waals surface area contributed by atoms with Crippen molar-refractivity contribution in [3.63, 3.8) is 0 Å². The minimum atomic E-state index is -2.04. The fraction of sp³-hybridized carbons (Fsp3) is 0.423. The van der Waals surface area contributed by atoms with Gasteiger partial charge in [0.15, 0.2) is 12.1 Å². The van der Waals surface area contributed by atoms with Gasteiger partial charge in [0.1, 0.15) is 23.2 Å². The molecule has 1 unspecified atom stereocenters. The number of aliphatic carboxylic acids is 1. The van der Waals surface area contributed by atoms with Crippen molar-refractivity contribution in [1.29, 1.82) is 0 Å². The van der Waals surface area contributed by atoms with E-state index < -0.39 is 100 Å². The van der Waals surface area contributed by atoms with E-state index in [0.717, 1.165) is 0 Å². The van der Waals surface area contributed by atoms with Crippen LogP contribution >= 0.6 is 0 Å². The summed E-state index contributed by atoms with van der Waals surface area (Å²) in [5.74, 6) is -7.47.